The van der Waals surface area contributed by atoms with E-state index in [0.29, 0.717) is 17.0 Å². The molecule has 25 heavy (non-hydrogen) atoms. The zero-order chi connectivity index (χ0) is 18.6. The van der Waals surface area contributed by atoms with Crippen LogP contribution in [0.5, 0.6) is 11.5 Å². The highest BCUT2D eigenvalue weighted by atomic mass is 32.1. The number of hydrogen-bond acceptors (Lipinski definition) is 5. The lowest BCUT2D eigenvalue weighted by molar-refractivity contribution is 0.100. The molecular weight excluding hydrogens is 342 g/mol. The van der Waals surface area contributed by atoms with Crippen LogP contribution < -0.4 is 16.4 Å². The summed E-state index contributed by atoms with van der Waals surface area (Å²) in [6.45, 7) is 3.99. The van der Waals surface area contributed by atoms with Gasteiger partial charge in [0.05, 0.1) is 5.56 Å². The van der Waals surface area contributed by atoms with Gasteiger partial charge in [0.15, 0.2) is 0 Å². The number of benzene rings is 1. The van der Waals surface area contributed by atoms with Gasteiger partial charge in [0.25, 0.3) is 5.91 Å². The second-order valence-corrected chi connectivity index (χ2v) is 6.60. The van der Waals surface area contributed by atoms with Gasteiger partial charge in [-0.15, -0.1) is 11.3 Å². The number of urea groups is 1. The topological polar surface area (TPSA) is 125 Å². The van der Waals surface area contributed by atoms with Crippen LogP contribution in [0.15, 0.2) is 18.2 Å². The van der Waals surface area contributed by atoms with E-state index in [-0.39, 0.29) is 17.2 Å². The minimum absolute atomic E-state index is 0.178. The molecule has 2 rings (SSSR count). The van der Waals surface area contributed by atoms with Gasteiger partial charge in [0, 0.05) is 28.8 Å². The third kappa shape index (κ3) is 4.42. The van der Waals surface area contributed by atoms with Gasteiger partial charge >= 0.3 is 6.03 Å². The molecule has 6 N–H and O–H groups in total. The SMILES string of the molecule is CCCc1c(CC)sc(NC(=O)Nc2cc(O)cc(O)c2)c1C(N)=O. The average Bonchev–Trinajstić information content (AvgIpc) is 2.83. The van der Waals surface area contributed by atoms with Crippen LogP contribution >= 0.6 is 11.3 Å². The number of phenolic OH excluding ortho intramolecular Hbond substituents is 2. The van der Waals surface area contributed by atoms with Crippen LogP contribution in [0, 0.1) is 0 Å². The molecule has 0 radical (unpaired) electrons. The number of aryl methyl sites for hydroxylation is 1. The highest BCUT2D eigenvalue weighted by Crippen LogP contribution is 2.35. The van der Waals surface area contributed by atoms with Crippen molar-refractivity contribution < 1.29 is 19.8 Å². The maximum atomic E-state index is 12.2. The molecule has 8 heteroatoms. The number of anilines is 2. The smallest absolute Gasteiger partial charge is 0.324 e. The molecule has 0 unspecified atom stereocenters. The van der Waals surface area contributed by atoms with Gasteiger partial charge < -0.3 is 21.3 Å². The monoisotopic (exact) mass is 363 g/mol. The van der Waals surface area contributed by atoms with Crippen molar-refractivity contribution in [2.45, 2.75) is 33.1 Å². The molecular formula is C17H21N3O4S. The number of aromatic hydroxyl groups is 2. The molecule has 0 fully saturated rings. The molecule has 134 valence electrons. The van der Waals surface area contributed by atoms with Crippen molar-refractivity contribution >= 4 is 34.0 Å². The number of nitrogens with one attached hydrogen (secondary N) is 2. The van der Waals surface area contributed by atoms with Crippen molar-refractivity contribution in [2.24, 2.45) is 5.73 Å². The Kier molecular flexibility index (Phi) is 5.87. The molecule has 0 aliphatic carbocycles. The van der Waals surface area contributed by atoms with E-state index in [1.807, 2.05) is 13.8 Å². The first-order valence-corrected chi connectivity index (χ1v) is 8.72. The lowest BCUT2D eigenvalue weighted by Crippen LogP contribution is -2.22. The maximum absolute atomic E-state index is 12.2. The Labute approximate surface area is 149 Å². The van der Waals surface area contributed by atoms with E-state index in [1.165, 1.54) is 23.5 Å². The number of hydrogen-bond donors (Lipinski definition) is 5. The maximum Gasteiger partial charge on any atom is 0.324 e. The van der Waals surface area contributed by atoms with Crippen LogP contribution in [0.4, 0.5) is 15.5 Å². The first-order valence-electron chi connectivity index (χ1n) is 7.91. The number of nitrogens with two attached hydrogens (primary N) is 1. The molecule has 1 heterocycles. The Balaban J connectivity index is 2.26. The molecule has 0 aliphatic rings. The molecule has 0 aliphatic heterocycles. The van der Waals surface area contributed by atoms with E-state index in [4.69, 9.17) is 5.73 Å². The van der Waals surface area contributed by atoms with Crippen LogP contribution in [-0.2, 0) is 12.8 Å². The first-order chi connectivity index (χ1) is 11.8. The second-order valence-electron chi connectivity index (χ2n) is 5.49. The number of phenols is 2. The first kappa shape index (κ1) is 18.6. The van der Waals surface area contributed by atoms with Crippen molar-refractivity contribution in [1.29, 1.82) is 0 Å². The van der Waals surface area contributed by atoms with Gasteiger partial charge in [-0.1, -0.05) is 20.3 Å². The molecule has 1 aromatic heterocycles. The summed E-state index contributed by atoms with van der Waals surface area (Å²) in [5.41, 5.74) is 6.96. The average molecular weight is 363 g/mol. The Bertz CT molecular complexity index is 781. The quantitative estimate of drug-likeness (QED) is 0.539. The van der Waals surface area contributed by atoms with Gasteiger partial charge in [-0.3, -0.25) is 10.1 Å². The summed E-state index contributed by atoms with van der Waals surface area (Å²) in [5, 5.41) is 24.4. The fourth-order valence-electron chi connectivity index (χ4n) is 2.59. The predicted octanol–water partition coefficient (Wildman–Crippen LogP) is 3.42. The van der Waals surface area contributed by atoms with E-state index in [0.717, 1.165) is 29.3 Å². The van der Waals surface area contributed by atoms with Gasteiger partial charge in [-0.05, 0) is 18.4 Å². The summed E-state index contributed by atoms with van der Waals surface area (Å²) in [6.07, 6.45) is 2.31. The number of primary amides is 1. The lowest BCUT2D eigenvalue weighted by Gasteiger charge is -2.09. The fraction of sp³-hybridized carbons (Fsp3) is 0.294. The van der Waals surface area contributed by atoms with Crippen molar-refractivity contribution in [1.82, 2.24) is 0 Å². The summed E-state index contributed by atoms with van der Waals surface area (Å²) in [6, 6.07) is 3.14. The third-order valence-corrected chi connectivity index (χ3v) is 4.84. The van der Waals surface area contributed by atoms with Crippen LogP contribution in [0.25, 0.3) is 0 Å². The fourth-order valence-corrected chi connectivity index (χ4v) is 3.78. The molecule has 0 atom stereocenters. The summed E-state index contributed by atoms with van der Waals surface area (Å²) in [4.78, 5) is 25.1. The summed E-state index contributed by atoms with van der Waals surface area (Å²) >= 11 is 1.33. The van der Waals surface area contributed by atoms with Gasteiger partial charge in [0.1, 0.15) is 16.5 Å². The minimum Gasteiger partial charge on any atom is -0.508 e. The molecule has 0 saturated heterocycles. The summed E-state index contributed by atoms with van der Waals surface area (Å²) in [7, 11) is 0. The van der Waals surface area contributed by atoms with Crippen LogP contribution in [0.3, 0.4) is 0 Å². The lowest BCUT2D eigenvalue weighted by atomic mass is 10.0. The van der Waals surface area contributed by atoms with Crippen LogP contribution in [0.1, 0.15) is 41.1 Å². The number of thiophene rings is 1. The Hall–Kier alpha value is -2.74. The molecule has 1 aromatic carbocycles. The summed E-state index contributed by atoms with van der Waals surface area (Å²) < 4.78 is 0. The number of rotatable bonds is 6. The van der Waals surface area contributed by atoms with Crippen LogP contribution in [-0.4, -0.2) is 22.2 Å². The van der Waals surface area contributed by atoms with Gasteiger partial charge in [-0.25, -0.2) is 4.79 Å². The van der Waals surface area contributed by atoms with E-state index in [9.17, 15) is 19.8 Å². The highest BCUT2D eigenvalue weighted by Gasteiger charge is 2.22. The number of carbonyl (C=O) groups excluding carboxylic acids is 2. The van der Waals surface area contributed by atoms with E-state index >= 15 is 0 Å². The molecule has 0 saturated carbocycles. The molecule has 0 spiro atoms. The predicted molar refractivity (Wildman–Crippen MR) is 98.6 cm³/mol. The van der Waals surface area contributed by atoms with Crippen molar-refractivity contribution in [3.05, 3.63) is 34.2 Å². The van der Waals surface area contributed by atoms with Crippen molar-refractivity contribution in [3.8, 4) is 11.5 Å². The van der Waals surface area contributed by atoms with Crippen molar-refractivity contribution in [3.63, 3.8) is 0 Å². The number of amides is 3. The Morgan fingerprint density at radius 1 is 1.12 bits per heavy atom. The second kappa shape index (κ2) is 7.89. The zero-order valence-corrected chi connectivity index (χ0v) is 14.9. The van der Waals surface area contributed by atoms with E-state index in [1.54, 1.807) is 0 Å². The van der Waals surface area contributed by atoms with E-state index < -0.39 is 11.9 Å². The third-order valence-electron chi connectivity index (χ3n) is 3.55. The van der Waals surface area contributed by atoms with Crippen LogP contribution in [0.2, 0.25) is 0 Å². The molecule has 7 nitrogen and oxygen atoms in total. The highest BCUT2D eigenvalue weighted by molar-refractivity contribution is 7.17. The van der Waals surface area contributed by atoms with Gasteiger partial charge in [-0.2, -0.15) is 0 Å². The standard InChI is InChI=1S/C17H21N3O4S/c1-3-5-12-13(4-2)25-16(14(12)15(18)23)20-17(24)19-9-6-10(21)8-11(22)7-9/h6-8,21-22H,3-5H2,1-2H3,(H2,18,23)(H2,19,20,24). The Morgan fingerprint density at radius 3 is 2.28 bits per heavy atom. The Morgan fingerprint density at radius 2 is 1.76 bits per heavy atom. The van der Waals surface area contributed by atoms with E-state index in [2.05, 4.69) is 10.6 Å². The largest absolute Gasteiger partial charge is 0.508 e. The minimum atomic E-state index is -0.598. The molecule has 3 amide bonds. The number of carbonyl (C=O) groups is 2. The van der Waals surface area contributed by atoms with Gasteiger partial charge in [0.2, 0.25) is 0 Å². The normalized spacial score (nSPS) is 10.5. The molecule has 2 aromatic rings. The molecule has 0 bridgehead atoms. The summed E-state index contributed by atoms with van der Waals surface area (Å²) in [5.74, 6) is -0.935. The zero-order valence-electron chi connectivity index (χ0n) is 14.0. The van der Waals surface area contributed by atoms with Crippen molar-refractivity contribution in [2.75, 3.05) is 10.6 Å².